The number of piperidine rings is 1. The topological polar surface area (TPSA) is 58.6 Å². The summed E-state index contributed by atoms with van der Waals surface area (Å²) in [5.74, 6) is -0.497. The van der Waals surface area contributed by atoms with Crippen LogP contribution in [0.15, 0.2) is 0 Å². The molecular formula is C9H15NO3. The number of hydrogen-bond acceptors (Lipinski definition) is 3. The maximum Gasteiger partial charge on any atom is 0.307 e. The van der Waals surface area contributed by atoms with E-state index in [2.05, 4.69) is 5.32 Å². The molecule has 2 rings (SSSR count). The van der Waals surface area contributed by atoms with Crippen molar-refractivity contribution in [1.82, 2.24) is 5.32 Å². The van der Waals surface area contributed by atoms with E-state index in [9.17, 15) is 4.79 Å². The van der Waals surface area contributed by atoms with E-state index >= 15 is 0 Å². The van der Waals surface area contributed by atoms with Crippen LogP contribution in [0.4, 0.5) is 0 Å². The lowest BCUT2D eigenvalue weighted by Gasteiger charge is -2.38. The van der Waals surface area contributed by atoms with Gasteiger partial charge in [0.15, 0.2) is 0 Å². The Morgan fingerprint density at radius 2 is 2.38 bits per heavy atom. The van der Waals surface area contributed by atoms with E-state index in [1.807, 2.05) is 0 Å². The molecule has 0 aromatic carbocycles. The summed E-state index contributed by atoms with van der Waals surface area (Å²) in [4.78, 5) is 10.7. The van der Waals surface area contributed by atoms with Crippen LogP contribution in [0.2, 0.25) is 0 Å². The van der Waals surface area contributed by atoms with Gasteiger partial charge in [0, 0.05) is 19.2 Å². The van der Waals surface area contributed by atoms with Gasteiger partial charge in [-0.3, -0.25) is 4.79 Å². The third kappa shape index (κ3) is 1.84. The van der Waals surface area contributed by atoms with Crippen LogP contribution in [0, 0.1) is 11.8 Å². The van der Waals surface area contributed by atoms with E-state index in [4.69, 9.17) is 9.84 Å². The smallest absolute Gasteiger partial charge is 0.307 e. The Morgan fingerprint density at radius 1 is 1.54 bits per heavy atom. The number of carboxylic acids is 1. The molecule has 0 amide bonds. The second-order valence-corrected chi connectivity index (χ2v) is 3.91. The molecule has 0 spiro atoms. The highest BCUT2D eigenvalue weighted by Crippen LogP contribution is 2.26. The van der Waals surface area contributed by atoms with Crippen LogP contribution in [0.25, 0.3) is 0 Å². The zero-order valence-electron chi connectivity index (χ0n) is 7.53. The third-order valence-electron chi connectivity index (χ3n) is 3.04. The number of ether oxygens (including phenoxy) is 1. The largest absolute Gasteiger partial charge is 0.481 e. The van der Waals surface area contributed by atoms with E-state index in [0.29, 0.717) is 18.5 Å². The second-order valence-electron chi connectivity index (χ2n) is 3.91. The summed E-state index contributed by atoms with van der Waals surface area (Å²) in [6.07, 6.45) is 1.80. The summed E-state index contributed by atoms with van der Waals surface area (Å²) in [5.41, 5.74) is 0. The van der Waals surface area contributed by atoms with Crippen LogP contribution in [-0.4, -0.2) is 36.9 Å². The maximum atomic E-state index is 10.7. The average molecular weight is 185 g/mol. The van der Waals surface area contributed by atoms with Crippen molar-refractivity contribution in [1.29, 1.82) is 0 Å². The first-order chi connectivity index (χ1) is 6.27. The molecule has 13 heavy (non-hydrogen) atoms. The quantitative estimate of drug-likeness (QED) is 0.607. The summed E-state index contributed by atoms with van der Waals surface area (Å²) in [6.45, 7) is 2.16. The molecule has 0 bridgehead atoms. The predicted octanol–water partition coefficient (Wildman–Crippen LogP) is 0.0856. The average Bonchev–Trinajstić information content (AvgIpc) is 2.17. The SMILES string of the molecule is O=C(O)[C@@H]1CN[C@H]2CCOC[C@@H]2C1. The minimum Gasteiger partial charge on any atom is -0.481 e. The monoisotopic (exact) mass is 185 g/mol. The van der Waals surface area contributed by atoms with Crippen molar-refractivity contribution in [3.05, 3.63) is 0 Å². The van der Waals surface area contributed by atoms with Crippen molar-refractivity contribution in [3.63, 3.8) is 0 Å². The fourth-order valence-electron chi connectivity index (χ4n) is 2.23. The fraction of sp³-hybridized carbons (Fsp3) is 0.889. The first-order valence-corrected chi connectivity index (χ1v) is 4.81. The van der Waals surface area contributed by atoms with E-state index in [1.54, 1.807) is 0 Å². The molecule has 4 heteroatoms. The van der Waals surface area contributed by atoms with Gasteiger partial charge >= 0.3 is 5.97 Å². The zero-order valence-corrected chi connectivity index (χ0v) is 7.53. The fourth-order valence-corrected chi connectivity index (χ4v) is 2.23. The summed E-state index contributed by atoms with van der Waals surface area (Å²) in [6, 6.07) is 0.490. The Kier molecular flexibility index (Phi) is 2.51. The van der Waals surface area contributed by atoms with Crippen molar-refractivity contribution < 1.29 is 14.6 Å². The van der Waals surface area contributed by atoms with E-state index in [-0.39, 0.29) is 5.92 Å². The van der Waals surface area contributed by atoms with Gasteiger partial charge in [-0.1, -0.05) is 0 Å². The number of fused-ring (bicyclic) bond motifs is 1. The van der Waals surface area contributed by atoms with Crippen LogP contribution in [0.3, 0.4) is 0 Å². The van der Waals surface area contributed by atoms with E-state index in [1.165, 1.54) is 0 Å². The van der Waals surface area contributed by atoms with Crippen LogP contribution >= 0.6 is 0 Å². The van der Waals surface area contributed by atoms with Crippen LogP contribution < -0.4 is 5.32 Å². The molecule has 0 aromatic heterocycles. The molecule has 0 aliphatic carbocycles. The summed E-state index contributed by atoms with van der Waals surface area (Å²) in [5, 5.41) is 12.1. The van der Waals surface area contributed by atoms with E-state index < -0.39 is 5.97 Å². The Morgan fingerprint density at radius 3 is 3.15 bits per heavy atom. The number of carbonyl (C=O) groups is 1. The Balaban J connectivity index is 1.95. The normalized spacial score (nSPS) is 39.5. The highest BCUT2D eigenvalue weighted by molar-refractivity contribution is 5.70. The zero-order chi connectivity index (χ0) is 9.26. The molecule has 0 unspecified atom stereocenters. The van der Waals surface area contributed by atoms with Crippen molar-refractivity contribution >= 4 is 5.97 Å². The summed E-state index contributed by atoms with van der Waals surface area (Å²) >= 11 is 0. The number of aliphatic carboxylic acids is 1. The minimum atomic E-state index is -0.684. The number of nitrogens with one attached hydrogen (secondary N) is 1. The number of hydrogen-bond donors (Lipinski definition) is 2. The highest BCUT2D eigenvalue weighted by atomic mass is 16.5. The summed E-state index contributed by atoms with van der Waals surface area (Å²) < 4.78 is 5.33. The van der Waals surface area contributed by atoms with Gasteiger partial charge in [-0.05, 0) is 18.8 Å². The Hall–Kier alpha value is -0.610. The molecule has 0 radical (unpaired) electrons. The van der Waals surface area contributed by atoms with Crippen molar-refractivity contribution in [2.75, 3.05) is 19.8 Å². The molecule has 74 valence electrons. The molecule has 2 N–H and O–H groups in total. The van der Waals surface area contributed by atoms with Gasteiger partial charge in [0.25, 0.3) is 0 Å². The van der Waals surface area contributed by atoms with Gasteiger partial charge < -0.3 is 15.2 Å². The summed E-state index contributed by atoms with van der Waals surface area (Å²) in [7, 11) is 0. The molecule has 2 saturated heterocycles. The maximum absolute atomic E-state index is 10.7. The standard InChI is InChI=1S/C9H15NO3/c11-9(12)6-3-7-5-13-2-1-8(7)10-4-6/h6-8,10H,1-5H2,(H,11,12)/t6-,7-,8-/m0/s1. The van der Waals surface area contributed by atoms with Crippen molar-refractivity contribution in [2.24, 2.45) is 11.8 Å². The Bertz CT molecular complexity index is 207. The molecule has 4 nitrogen and oxygen atoms in total. The van der Waals surface area contributed by atoms with Gasteiger partial charge in [-0.15, -0.1) is 0 Å². The molecule has 3 atom stereocenters. The first kappa shape index (κ1) is 8.97. The lowest BCUT2D eigenvalue weighted by molar-refractivity contribution is -0.144. The predicted molar refractivity (Wildman–Crippen MR) is 46.5 cm³/mol. The molecule has 0 aromatic rings. The lowest BCUT2D eigenvalue weighted by atomic mass is 9.83. The van der Waals surface area contributed by atoms with E-state index in [0.717, 1.165) is 26.1 Å². The molecule has 0 saturated carbocycles. The lowest BCUT2D eigenvalue weighted by Crippen LogP contribution is -2.51. The molecule has 2 aliphatic heterocycles. The van der Waals surface area contributed by atoms with Crippen molar-refractivity contribution in [2.45, 2.75) is 18.9 Å². The third-order valence-corrected chi connectivity index (χ3v) is 3.04. The molecule has 2 heterocycles. The molecule has 2 aliphatic rings. The first-order valence-electron chi connectivity index (χ1n) is 4.81. The van der Waals surface area contributed by atoms with Gasteiger partial charge in [0.05, 0.1) is 12.5 Å². The van der Waals surface area contributed by atoms with Gasteiger partial charge in [-0.25, -0.2) is 0 Å². The van der Waals surface area contributed by atoms with Gasteiger partial charge in [-0.2, -0.15) is 0 Å². The van der Waals surface area contributed by atoms with Crippen LogP contribution in [0.5, 0.6) is 0 Å². The number of rotatable bonds is 1. The van der Waals surface area contributed by atoms with Gasteiger partial charge in [0.1, 0.15) is 0 Å². The second kappa shape index (κ2) is 3.64. The minimum absolute atomic E-state index is 0.219. The van der Waals surface area contributed by atoms with Gasteiger partial charge in [0.2, 0.25) is 0 Å². The highest BCUT2D eigenvalue weighted by Gasteiger charge is 2.35. The van der Waals surface area contributed by atoms with Crippen LogP contribution in [0.1, 0.15) is 12.8 Å². The number of carboxylic acid groups (broad SMARTS) is 1. The Labute approximate surface area is 77.3 Å². The van der Waals surface area contributed by atoms with Crippen LogP contribution in [-0.2, 0) is 9.53 Å². The van der Waals surface area contributed by atoms with Crippen molar-refractivity contribution in [3.8, 4) is 0 Å². The molecule has 2 fully saturated rings. The molecular weight excluding hydrogens is 170 g/mol.